The van der Waals surface area contributed by atoms with Crippen LogP contribution in [0.3, 0.4) is 0 Å². The summed E-state index contributed by atoms with van der Waals surface area (Å²) in [5, 5.41) is 23.7. The number of aliphatic carboxylic acids is 1. The maximum atomic E-state index is 12.7. The molecule has 2 amide bonds. The summed E-state index contributed by atoms with van der Waals surface area (Å²) >= 11 is 1.23. The Morgan fingerprint density at radius 1 is 1.32 bits per heavy atom. The van der Waals surface area contributed by atoms with Gasteiger partial charge >= 0.3 is 11.9 Å². The van der Waals surface area contributed by atoms with Crippen molar-refractivity contribution in [2.75, 3.05) is 12.4 Å². The van der Waals surface area contributed by atoms with Crippen LogP contribution < -0.4 is 5.32 Å². The van der Waals surface area contributed by atoms with Crippen molar-refractivity contribution in [1.29, 1.82) is 0 Å². The van der Waals surface area contributed by atoms with Crippen LogP contribution in [0.25, 0.3) is 0 Å². The molecule has 3 N–H and O–H groups in total. The summed E-state index contributed by atoms with van der Waals surface area (Å²) in [5.74, 6) is -3.14. The number of thioether (sulfide) groups is 1. The van der Waals surface area contributed by atoms with Crippen molar-refractivity contribution in [3.05, 3.63) is 59.3 Å². The second-order valence-electron chi connectivity index (χ2n) is 6.54. The van der Waals surface area contributed by atoms with Crippen LogP contribution in [-0.4, -0.2) is 68.5 Å². The van der Waals surface area contributed by atoms with Crippen molar-refractivity contribution < 1.29 is 34.2 Å². The fourth-order valence-electron chi connectivity index (χ4n) is 3.18. The first kappa shape index (κ1) is 22.1. The number of carbonyl (C=O) groups excluding carboxylic acids is 3. The Labute approximate surface area is 181 Å². The zero-order valence-corrected chi connectivity index (χ0v) is 17.2. The summed E-state index contributed by atoms with van der Waals surface area (Å²) in [6.45, 7) is 1.38. The van der Waals surface area contributed by atoms with Crippen molar-refractivity contribution in [3.63, 3.8) is 0 Å². The van der Waals surface area contributed by atoms with E-state index in [2.05, 4.69) is 10.5 Å². The molecule has 2 aliphatic heterocycles. The molecule has 10 nitrogen and oxygen atoms in total. The molecular formula is C20H19N3O7S. The lowest BCUT2D eigenvalue weighted by Crippen LogP contribution is -2.71. The summed E-state index contributed by atoms with van der Waals surface area (Å²) in [6, 6.07) is 7.22. The van der Waals surface area contributed by atoms with Gasteiger partial charge in [-0.1, -0.05) is 41.6 Å². The molecule has 0 bridgehead atoms. The van der Waals surface area contributed by atoms with Crippen LogP contribution in [0.2, 0.25) is 0 Å². The molecule has 0 aromatic heterocycles. The first-order valence-electron chi connectivity index (χ1n) is 9.16. The van der Waals surface area contributed by atoms with E-state index in [1.807, 2.05) is 0 Å². The number of rotatable bonds is 7. The van der Waals surface area contributed by atoms with Gasteiger partial charge in [-0.15, -0.1) is 11.8 Å². The van der Waals surface area contributed by atoms with Crippen molar-refractivity contribution >= 4 is 41.2 Å². The Balaban J connectivity index is 1.74. The minimum atomic E-state index is -1.33. The number of oxime groups is 1. The third-order valence-corrected chi connectivity index (χ3v) is 5.93. The highest BCUT2D eigenvalue weighted by atomic mass is 32.2. The van der Waals surface area contributed by atoms with Crippen LogP contribution in [0.4, 0.5) is 0 Å². The predicted octanol–water partition coefficient (Wildman–Crippen LogP) is 0.723. The number of amides is 2. The second kappa shape index (κ2) is 9.47. The summed E-state index contributed by atoms with van der Waals surface area (Å²) in [5.41, 5.74) is 0.121. The second-order valence-corrected chi connectivity index (χ2v) is 7.65. The number of fused-ring (bicyclic) bond motifs is 1. The van der Waals surface area contributed by atoms with Gasteiger partial charge in [0.1, 0.15) is 23.7 Å². The van der Waals surface area contributed by atoms with E-state index in [0.717, 1.165) is 4.90 Å². The maximum absolute atomic E-state index is 12.7. The summed E-state index contributed by atoms with van der Waals surface area (Å²) in [4.78, 5) is 49.6. The molecule has 162 valence electrons. The molecule has 0 unspecified atom stereocenters. The van der Waals surface area contributed by atoms with E-state index in [0.29, 0.717) is 5.56 Å². The number of ether oxygens (including phenoxy) is 1. The standard InChI is InChI=1S/C20H19N3O7S/c1-2-6-13(24)30-9-12-10-31-19-15(18(26)23(19)16(12)20(27)28)21-17(25)14(22-29)11-7-4-3-5-8-11/h2-8,15,19,29H,9-10H2,1H3,(H,21,25)(H,27,28)/b6-2+,22-14+/t15-,19-/m1/s1. The van der Waals surface area contributed by atoms with Gasteiger partial charge in [-0.05, 0) is 6.92 Å². The Hall–Kier alpha value is -3.60. The quantitative estimate of drug-likeness (QED) is 0.139. The van der Waals surface area contributed by atoms with Crippen LogP contribution in [-0.2, 0) is 23.9 Å². The number of carbonyl (C=O) groups is 4. The van der Waals surface area contributed by atoms with Crippen LogP contribution in [0.1, 0.15) is 12.5 Å². The molecule has 1 fully saturated rings. The Morgan fingerprint density at radius 3 is 2.65 bits per heavy atom. The van der Waals surface area contributed by atoms with E-state index >= 15 is 0 Å². The molecule has 0 saturated carbocycles. The molecule has 0 spiro atoms. The predicted molar refractivity (Wildman–Crippen MR) is 110 cm³/mol. The largest absolute Gasteiger partial charge is 0.477 e. The number of β-lactam (4-membered cyclic amide) rings is 1. The van der Waals surface area contributed by atoms with E-state index < -0.39 is 35.2 Å². The first-order valence-corrected chi connectivity index (χ1v) is 10.2. The zero-order chi connectivity index (χ0) is 22.5. The average Bonchev–Trinajstić information content (AvgIpc) is 2.76. The Bertz CT molecular complexity index is 1000. The summed E-state index contributed by atoms with van der Waals surface area (Å²) < 4.78 is 5.02. The summed E-state index contributed by atoms with van der Waals surface area (Å²) in [7, 11) is 0. The lowest BCUT2D eigenvalue weighted by Gasteiger charge is -2.49. The van der Waals surface area contributed by atoms with Crippen LogP contribution >= 0.6 is 11.8 Å². The molecule has 0 radical (unpaired) electrons. The fraction of sp³-hybridized carbons (Fsp3) is 0.250. The molecule has 1 aromatic carbocycles. The van der Waals surface area contributed by atoms with Gasteiger partial charge in [0.2, 0.25) is 0 Å². The van der Waals surface area contributed by atoms with Gasteiger partial charge in [0, 0.05) is 23.0 Å². The molecule has 2 heterocycles. The number of carboxylic acid groups (broad SMARTS) is 1. The van der Waals surface area contributed by atoms with E-state index in [1.54, 1.807) is 37.3 Å². The van der Waals surface area contributed by atoms with E-state index in [1.165, 1.54) is 23.9 Å². The minimum absolute atomic E-state index is 0.200. The van der Waals surface area contributed by atoms with Crippen molar-refractivity contribution in [2.24, 2.45) is 5.16 Å². The molecule has 1 saturated heterocycles. The number of nitrogens with one attached hydrogen (secondary N) is 1. The highest BCUT2D eigenvalue weighted by Crippen LogP contribution is 2.40. The van der Waals surface area contributed by atoms with Gasteiger partial charge in [-0.3, -0.25) is 14.5 Å². The number of allylic oxidation sites excluding steroid dienone is 1. The molecule has 2 atom stereocenters. The Kier molecular flexibility index (Phi) is 6.75. The van der Waals surface area contributed by atoms with Crippen LogP contribution in [0, 0.1) is 0 Å². The number of hydrogen-bond donors (Lipinski definition) is 3. The van der Waals surface area contributed by atoms with Crippen molar-refractivity contribution in [1.82, 2.24) is 10.2 Å². The van der Waals surface area contributed by atoms with Crippen LogP contribution in [0.5, 0.6) is 0 Å². The molecule has 2 aliphatic rings. The number of benzene rings is 1. The lowest BCUT2D eigenvalue weighted by atomic mass is 10.0. The highest BCUT2D eigenvalue weighted by Gasteiger charge is 2.54. The molecule has 0 aliphatic carbocycles. The van der Waals surface area contributed by atoms with Crippen molar-refractivity contribution in [3.8, 4) is 0 Å². The molecule has 1 aromatic rings. The lowest BCUT2D eigenvalue weighted by molar-refractivity contribution is -0.150. The molecule has 3 rings (SSSR count). The normalized spacial score (nSPS) is 20.9. The van der Waals surface area contributed by atoms with Gasteiger partial charge in [0.05, 0.1) is 0 Å². The first-order chi connectivity index (χ1) is 14.9. The third-order valence-electron chi connectivity index (χ3n) is 4.59. The zero-order valence-electron chi connectivity index (χ0n) is 16.3. The molecule has 11 heteroatoms. The smallest absolute Gasteiger partial charge is 0.352 e. The Morgan fingerprint density at radius 2 is 2.03 bits per heavy atom. The van der Waals surface area contributed by atoms with E-state index in [-0.39, 0.29) is 29.3 Å². The van der Waals surface area contributed by atoms with Gasteiger partial charge in [-0.25, -0.2) is 9.59 Å². The topological polar surface area (TPSA) is 146 Å². The number of nitrogens with zero attached hydrogens (tertiary/aromatic N) is 2. The maximum Gasteiger partial charge on any atom is 0.352 e. The summed E-state index contributed by atoms with van der Waals surface area (Å²) in [6.07, 6.45) is 2.69. The SMILES string of the molecule is C/C=C/C(=O)OCC1=C(C(=O)O)N2C(=O)[C@@H](NC(=O)/C(=N/O)c3ccccc3)[C@H]2SC1. The van der Waals surface area contributed by atoms with E-state index in [9.17, 15) is 29.5 Å². The highest BCUT2D eigenvalue weighted by molar-refractivity contribution is 8.00. The van der Waals surface area contributed by atoms with Gasteiger partial charge < -0.3 is 20.4 Å². The minimum Gasteiger partial charge on any atom is -0.477 e. The average molecular weight is 445 g/mol. The number of carboxylic acids is 1. The number of esters is 1. The van der Waals surface area contributed by atoms with E-state index in [4.69, 9.17) is 4.74 Å². The fourth-order valence-corrected chi connectivity index (χ4v) is 4.50. The molecular weight excluding hydrogens is 426 g/mol. The number of hydrogen-bond acceptors (Lipinski definition) is 8. The van der Waals surface area contributed by atoms with Crippen LogP contribution in [0.15, 0.2) is 58.9 Å². The van der Waals surface area contributed by atoms with Crippen molar-refractivity contribution in [2.45, 2.75) is 18.3 Å². The van der Waals surface area contributed by atoms with Gasteiger partial charge in [0.25, 0.3) is 11.8 Å². The van der Waals surface area contributed by atoms with Gasteiger partial charge in [-0.2, -0.15) is 0 Å². The monoisotopic (exact) mass is 445 g/mol. The van der Waals surface area contributed by atoms with Gasteiger partial charge in [0.15, 0.2) is 5.71 Å². The molecule has 31 heavy (non-hydrogen) atoms. The third kappa shape index (κ3) is 4.45.